The molecule has 250 valence electrons. The highest BCUT2D eigenvalue weighted by molar-refractivity contribution is 5.90. The van der Waals surface area contributed by atoms with Crippen molar-refractivity contribution in [2.24, 2.45) is 0 Å². The fraction of sp³-hybridized carbons (Fsp3) is 0.919. The molecule has 0 unspecified atom stereocenters. The quantitative estimate of drug-likeness (QED) is 0.0797. The van der Waals surface area contributed by atoms with E-state index >= 15 is 0 Å². The molecule has 2 saturated heterocycles. The molecule has 2 N–H and O–H groups in total. The smallest absolute Gasteiger partial charge is 0.334 e. The summed E-state index contributed by atoms with van der Waals surface area (Å²) < 4.78 is 17.7. The van der Waals surface area contributed by atoms with Gasteiger partial charge in [-0.05, 0) is 64.4 Å². The molecular weight excluding hydrogens is 540 g/mol. The molecule has 43 heavy (non-hydrogen) atoms. The molecule has 7 atom stereocenters. The van der Waals surface area contributed by atoms with Crippen LogP contribution in [0.15, 0.2) is 11.6 Å². The number of ether oxygens (including phenoxy) is 3. The van der Waals surface area contributed by atoms with Crippen molar-refractivity contribution in [3.05, 3.63) is 11.6 Å². The number of esters is 1. The van der Waals surface area contributed by atoms with Crippen LogP contribution in [0.25, 0.3) is 0 Å². The number of aliphatic hydroxyl groups excluding tert-OH is 2. The molecule has 0 saturated carbocycles. The van der Waals surface area contributed by atoms with Crippen LogP contribution in [0, 0.1) is 0 Å². The van der Waals surface area contributed by atoms with E-state index < -0.39 is 0 Å². The monoisotopic (exact) mass is 606 g/mol. The number of carbonyl (C=O) groups is 1. The predicted octanol–water partition coefficient (Wildman–Crippen LogP) is 8.89. The summed E-state index contributed by atoms with van der Waals surface area (Å²) in [6.45, 7) is 4.17. The molecule has 3 rings (SSSR count). The van der Waals surface area contributed by atoms with Crippen molar-refractivity contribution in [1.29, 1.82) is 0 Å². The first-order valence-electron chi connectivity index (χ1n) is 18.6. The molecule has 6 nitrogen and oxygen atoms in total. The van der Waals surface area contributed by atoms with Gasteiger partial charge in [0.15, 0.2) is 0 Å². The Hall–Kier alpha value is -0.950. The summed E-state index contributed by atoms with van der Waals surface area (Å²) in [7, 11) is 0. The largest absolute Gasteiger partial charge is 0.455 e. The number of unbranched alkanes of at least 4 members (excludes halogenated alkanes) is 16. The number of carbonyl (C=O) groups excluding carboxylic acids is 1. The number of cyclic esters (lactones) is 1. The molecule has 2 fully saturated rings. The molecule has 3 heterocycles. The standard InChI is InChI=1S/C37H66O6/c1-3-4-5-6-7-13-16-19-22-31(38)33-24-26-35(42-33)36-27-25-34(43-36)32(39)23-20-17-14-11-9-8-10-12-15-18-21-30-28-29(2)41-37(30)40/h28-29,31-36,38-39H,3-27H2,1-2H3/t29-,31-,32+,33+,34-,35+,36+/m0/s1. The molecule has 0 aromatic rings. The van der Waals surface area contributed by atoms with Crippen molar-refractivity contribution < 1.29 is 29.2 Å². The van der Waals surface area contributed by atoms with Crippen LogP contribution in [-0.4, -0.2) is 58.9 Å². The summed E-state index contributed by atoms with van der Waals surface area (Å²) in [5.41, 5.74) is 0.869. The lowest BCUT2D eigenvalue weighted by Crippen LogP contribution is -2.33. The highest BCUT2D eigenvalue weighted by atomic mass is 16.6. The maximum Gasteiger partial charge on any atom is 0.334 e. The van der Waals surface area contributed by atoms with Gasteiger partial charge in [-0.25, -0.2) is 4.79 Å². The molecule has 0 amide bonds. The third-order valence-electron chi connectivity index (χ3n) is 9.98. The summed E-state index contributed by atoms with van der Waals surface area (Å²) in [6.07, 6.45) is 29.9. The van der Waals surface area contributed by atoms with Gasteiger partial charge in [-0.1, -0.05) is 116 Å². The van der Waals surface area contributed by atoms with Crippen LogP contribution < -0.4 is 0 Å². The SMILES string of the molecule is CCCCCCCCCC[C@H](O)[C@H]1CC[C@H]([C@H]2CC[C@@H]([C@H](O)CCCCCCCCCCCCC3=C[C@H](C)OC3=O)O2)O1. The van der Waals surface area contributed by atoms with Crippen LogP contribution in [0.4, 0.5) is 0 Å². The van der Waals surface area contributed by atoms with E-state index in [4.69, 9.17) is 14.2 Å². The van der Waals surface area contributed by atoms with Crippen molar-refractivity contribution in [2.75, 3.05) is 0 Å². The van der Waals surface area contributed by atoms with Crippen LogP contribution in [0.5, 0.6) is 0 Å². The molecule has 0 radical (unpaired) electrons. The van der Waals surface area contributed by atoms with Crippen molar-refractivity contribution in [1.82, 2.24) is 0 Å². The van der Waals surface area contributed by atoms with Gasteiger partial charge >= 0.3 is 5.97 Å². The van der Waals surface area contributed by atoms with Crippen LogP contribution in [0.1, 0.15) is 174 Å². The first kappa shape index (κ1) is 36.5. The second kappa shape index (κ2) is 21.7. The minimum atomic E-state index is -0.375. The molecule has 3 aliphatic heterocycles. The Morgan fingerprint density at radius 1 is 0.651 bits per heavy atom. The highest BCUT2D eigenvalue weighted by Gasteiger charge is 2.40. The Labute approximate surface area is 263 Å². The molecule has 0 aromatic heterocycles. The molecule has 6 heteroatoms. The van der Waals surface area contributed by atoms with E-state index in [1.807, 2.05) is 13.0 Å². The topological polar surface area (TPSA) is 85.2 Å². The zero-order valence-electron chi connectivity index (χ0n) is 27.8. The van der Waals surface area contributed by atoms with Gasteiger partial charge < -0.3 is 24.4 Å². The molecular formula is C37H66O6. The lowest BCUT2D eigenvalue weighted by molar-refractivity contribution is -0.139. The Morgan fingerprint density at radius 3 is 1.49 bits per heavy atom. The van der Waals surface area contributed by atoms with Crippen LogP contribution >= 0.6 is 0 Å². The summed E-state index contributed by atoms with van der Waals surface area (Å²) >= 11 is 0. The van der Waals surface area contributed by atoms with Gasteiger partial charge in [0, 0.05) is 5.57 Å². The van der Waals surface area contributed by atoms with Gasteiger partial charge in [-0.3, -0.25) is 0 Å². The van der Waals surface area contributed by atoms with Gasteiger partial charge in [0.2, 0.25) is 0 Å². The van der Waals surface area contributed by atoms with Gasteiger partial charge in [0.1, 0.15) is 6.10 Å². The fourth-order valence-corrected chi connectivity index (χ4v) is 7.25. The normalized spacial score (nSPS) is 27.0. The van der Waals surface area contributed by atoms with Crippen LogP contribution in [0.2, 0.25) is 0 Å². The number of hydrogen-bond acceptors (Lipinski definition) is 6. The summed E-state index contributed by atoms with van der Waals surface area (Å²) in [4.78, 5) is 11.6. The fourth-order valence-electron chi connectivity index (χ4n) is 7.25. The van der Waals surface area contributed by atoms with Gasteiger partial charge in [0.05, 0.1) is 36.6 Å². The van der Waals surface area contributed by atoms with E-state index in [9.17, 15) is 15.0 Å². The van der Waals surface area contributed by atoms with Crippen LogP contribution in [0.3, 0.4) is 0 Å². The summed E-state index contributed by atoms with van der Waals surface area (Å²) in [6, 6.07) is 0. The second-order valence-corrected chi connectivity index (χ2v) is 13.9. The first-order chi connectivity index (χ1) is 21.0. The molecule has 0 spiro atoms. The average Bonchev–Trinajstić information content (AvgIpc) is 3.75. The van der Waals surface area contributed by atoms with Crippen LogP contribution in [-0.2, 0) is 19.0 Å². The summed E-state index contributed by atoms with van der Waals surface area (Å²) in [5.74, 6) is -0.118. The van der Waals surface area contributed by atoms with Crippen molar-refractivity contribution in [3.8, 4) is 0 Å². The summed E-state index contributed by atoms with van der Waals surface area (Å²) in [5, 5.41) is 21.4. The molecule has 0 bridgehead atoms. The van der Waals surface area contributed by atoms with Crippen molar-refractivity contribution in [2.45, 2.75) is 217 Å². The first-order valence-corrected chi connectivity index (χ1v) is 18.6. The van der Waals surface area contributed by atoms with Crippen molar-refractivity contribution >= 4 is 5.97 Å². The van der Waals surface area contributed by atoms with E-state index in [0.717, 1.165) is 69.8 Å². The average molecular weight is 607 g/mol. The van der Waals surface area contributed by atoms with Crippen molar-refractivity contribution in [3.63, 3.8) is 0 Å². The van der Waals surface area contributed by atoms with E-state index in [1.54, 1.807) is 0 Å². The lowest BCUT2D eigenvalue weighted by Gasteiger charge is -2.24. The number of rotatable bonds is 25. The number of aliphatic hydroxyl groups is 2. The minimum Gasteiger partial charge on any atom is -0.455 e. The zero-order chi connectivity index (χ0) is 30.7. The lowest BCUT2D eigenvalue weighted by atomic mass is 10.0. The third kappa shape index (κ3) is 14.3. The van der Waals surface area contributed by atoms with E-state index in [1.165, 1.54) is 96.3 Å². The maximum absolute atomic E-state index is 11.6. The zero-order valence-corrected chi connectivity index (χ0v) is 27.8. The Kier molecular flexibility index (Phi) is 18.5. The predicted molar refractivity (Wildman–Crippen MR) is 174 cm³/mol. The molecule has 0 aromatic carbocycles. The highest BCUT2D eigenvalue weighted by Crippen LogP contribution is 2.34. The Morgan fingerprint density at radius 2 is 1.07 bits per heavy atom. The molecule has 3 aliphatic rings. The second-order valence-electron chi connectivity index (χ2n) is 13.9. The van der Waals surface area contributed by atoms with E-state index in [0.29, 0.717) is 0 Å². The third-order valence-corrected chi connectivity index (χ3v) is 9.98. The molecule has 0 aliphatic carbocycles. The van der Waals surface area contributed by atoms with Gasteiger partial charge in [-0.15, -0.1) is 0 Å². The van der Waals surface area contributed by atoms with Gasteiger partial charge in [-0.2, -0.15) is 0 Å². The Balaban J connectivity index is 1.12. The van der Waals surface area contributed by atoms with E-state index in [2.05, 4.69) is 6.92 Å². The Bertz CT molecular complexity index is 768. The minimum absolute atomic E-state index is 0.0466. The maximum atomic E-state index is 11.6. The van der Waals surface area contributed by atoms with E-state index in [-0.39, 0.29) is 48.7 Å². The number of hydrogen-bond donors (Lipinski definition) is 2. The van der Waals surface area contributed by atoms with Gasteiger partial charge in [0.25, 0.3) is 0 Å².